The second-order valence-electron chi connectivity index (χ2n) is 5.81. The highest BCUT2D eigenvalue weighted by Gasteiger charge is 2.11. The molecule has 0 aliphatic rings. The Labute approximate surface area is 149 Å². The second-order valence-corrected chi connectivity index (χ2v) is 5.81. The van der Waals surface area contributed by atoms with Gasteiger partial charge in [0.2, 0.25) is 5.82 Å². The summed E-state index contributed by atoms with van der Waals surface area (Å²) >= 11 is 0. The van der Waals surface area contributed by atoms with Crippen LogP contribution in [0.5, 0.6) is 0 Å². The Morgan fingerprint density at radius 1 is 1.08 bits per heavy atom. The number of hydrogen-bond acceptors (Lipinski definition) is 3. The maximum atomic E-state index is 13.4. The number of benzene rings is 2. The van der Waals surface area contributed by atoms with E-state index in [2.05, 4.69) is 15.6 Å². The highest BCUT2D eigenvalue weighted by atomic mass is 19.1. The summed E-state index contributed by atoms with van der Waals surface area (Å²) in [6.07, 6.45) is 2.77. The summed E-state index contributed by atoms with van der Waals surface area (Å²) in [6.45, 7) is 3.91. The fraction of sp³-hybridized carbons (Fsp3) is 0.105. The molecule has 0 aliphatic carbocycles. The van der Waals surface area contributed by atoms with Gasteiger partial charge in [0.25, 0.3) is 5.56 Å². The molecule has 6 nitrogen and oxygen atoms in total. The van der Waals surface area contributed by atoms with E-state index in [1.807, 2.05) is 26.0 Å². The summed E-state index contributed by atoms with van der Waals surface area (Å²) in [7, 11) is 0. The first-order valence-electron chi connectivity index (χ1n) is 7.93. The highest BCUT2D eigenvalue weighted by molar-refractivity contribution is 5.99. The van der Waals surface area contributed by atoms with Crippen molar-refractivity contribution in [3.8, 4) is 5.69 Å². The largest absolute Gasteiger partial charge is 0.325 e. The normalized spacial score (nSPS) is 10.4. The van der Waals surface area contributed by atoms with Crippen molar-refractivity contribution in [2.75, 3.05) is 10.6 Å². The van der Waals surface area contributed by atoms with Crippen LogP contribution in [0.2, 0.25) is 0 Å². The monoisotopic (exact) mass is 352 g/mol. The first kappa shape index (κ1) is 17.3. The molecule has 0 atom stereocenters. The molecule has 2 amide bonds. The highest BCUT2D eigenvalue weighted by Crippen LogP contribution is 2.14. The van der Waals surface area contributed by atoms with Crippen LogP contribution in [0.4, 0.5) is 20.7 Å². The fourth-order valence-corrected chi connectivity index (χ4v) is 2.42. The predicted octanol–water partition coefficient (Wildman–Crippen LogP) is 3.63. The third-order valence-corrected chi connectivity index (χ3v) is 3.92. The summed E-state index contributed by atoms with van der Waals surface area (Å²) in [4.78, 5) is 28.6. The average Bonchev–Trinajstić information content (AvgIpc) is 2.60. The van der Waals surface area contributed by atoms with Crippen molar-refractivity contribution in [3.05, 3.63) is 82.2 Å². The third kappa shape index (κ3) is 3.77. The van der Waals surface area contributed by atoms with Crippen molar-refractivity contribution in [1.29, 1.82) is 0 Å². The SMILES string of the molecule is Cc1ccc(NC(=O)Nc2nccn(-c3cccc(F)c3)c2=O)cc1C. The van der Waals surface area contributed by atoms with Crippen LogP contribution in [0.15, 0.2) is 59.7 Å². The van der Waals surface area contributed by atoms with Crippen LogP contribution in [0, 0.1) is 19.7 Å². The van der Waals surface area contributed by atoms with E-state index in [1.165, 1.54) is 35.2 Å². The quantitative estimate of drug-likeness (QED) is 0.756. The number of rotatable bonds is 3. The molecule has 26 heavy (non-hydrogen) atoms. The molecule has 3 rings (SSSR count). The number of hydrogen-bond donors (Lipinski definition) is 2. The maximum absolute atomic E-state index is 13.4. The summed E-state index contributed by atoms with van der Waals surface area (Å²) in [6, 6.07) is 10.5. The molecule has 7 heteroatoms. The molecule has 0 unspecified atom stereocenters. The number of carbonyl (C=O) groups excluding carboxylic acids is 1. The van der Waals surface area contributed by atoms with Gasteiger partial charge in [-0.25, -0.2) is 14.2 Å². The molecule has 0 saturated heterocycles. The van der Waals surface area contributed by atoms with Crippen LogP contribution in [-0.2, 0) is 0 Å². The van der Waals surface area contributed by atoms with Gasteiger partial charge in [0.1, 0.15) is 5.82 Å². The molecule has 0 radical (unpaired) electrons. The molecule has 1 aromatic heterocycles. The van der Waals surface area contributed by atoms with E-state index < -0.39 is 17.4 Å². The fourth-order valence-electron chi connectivity index (χ4n) is 2.42. The number of nitrogens with zero attached hydrogens (tertiary/aromatic N) is 2. The Balaban J connectivity index is 1.81. The van der Waals surface area contributed by atoms with Crippen molar-refractivity contribution in [3.63, 3.8) is 0 Å². The number of carbonyl (C=O) groups is 1. The van der Waals surface area contributed by atoms with E-state index in [1.54, 1.807) is 12.1 Å². The predicted molar refractivity (Wildman–Crippen MR) is 98.3 cm³/mol. The van der Waals surface area contributed by atoms with Crippen LogP contribution in [-0.4, -0.2) is 15.6 Å². The number of aromatic nitrogens is 2. The van der Waals surface area contributed by atoms with Gasteiger partial charge in [0.15, 0.2) is 0 Å². The molecule has 3 aromatic rings. The van der Waals surface area contributed by atoms with Crippen LogP contribution in [0.3, 0.4) is 0 Å². The Kier molecular flexibility index (Phi) is 4.79. The van der Waals surface area contributed by atoms with Crippen molar-refractivity contribution >= 4 is 17.5 Å². The van der Waals surface area contributed by atoms with E-state index >= 15 is 0 Å². The van der Waals surface area contributed by atoms with Crippen molar-refractivity contribution in [2.24, 2.45) is 0 Å². The molecule has 0 bridgehead atoms. The van der Waals surface area contributed by atoms with E-state index in [4.69, 9.17) is 0 Å². The number of nitrogens with one attached hydrogen (secondary N) is 2. The number of urea groups is 1. The smallest absolute Gasteiger partial charge is 0.308 e. The van der Waals surface area contributed by atoms with Gasteiger partial charge < -0.3 is 5.32 Å². The molecule has 132 valence electrons. The lowest BCUT2D eigenvalue weighted by molar-refractivity contribution is 0.262. The van der Waals surface area contributed by atoms with E-state index in [0.717, 1.165) is 11.1 Å². The zero-order valence-corrected chi connectivity index (χ0v) is 14.3. The lowest BCUT2D eigenvalue weighted by atomic mass is 10.1. The summed E-state index contributed by atoms with van der Waals surface area (Å²) in [5, 5.41) is 5.09. The lowest BCUT2D eigenvalue weighted by Gasteiger charge is -2.10. The van der Waals surface area contributed by atoms with Crippen LogP contribution >= 0.6 is 0 Å². The molecular formula is C19H17FN4O2. The van der Waals surface area contributed by atoms with E-state index in [9.17, 15) is 14.0 Å². The molecule has 0 aliphatic heterocycles. The first-order chi connectivity index (χ1) is 12.4. The van der Waals surface area contributed by atoms with Crippen molar-refractivity contribution in [2.45, 2.75) is 13.8 Å². The summed E-state index contributed by atoms with van der Waals surface area (Å²) in [5.41, 5.74) is 2.53. The minimum atomic E-state index is -0.588. The van der Waals surface area contributed by atoms with Gasteiger partial charge in [-0.2, -0.15) is 0 Å². The topological polar surface area (TPSA) is 76.0 Å². The lowest BCUT2D eigenvalue weighted by Crippen LogP contribution is -2.28. The zero-order chi connectivity index (χ0) is 18.7. The maximum Gasteiger partial charge on any atom is 0.325 e. The number of aryl methyl sites for hydroxylation is 2. The molecule has 2 N–H and O–H groups in total. The van der Waals surface area contributed by atoms with E-state index in [0.29, 0.717) is 11.4 Å². The molecular weight excluding hydrogens is 335 g/mol. The Hall–Kier alpha value is -3.48. The number of amides is 2. The van der Waals surface area contributed by atoms with Crippen LogP contribution in [0.1, 0.15) is 11.1 Å². The molecule has 0 saturated carbocycles. The minimum Gasteiger partial charge on any atom is -0.308 e. The van der Waals surface area contributed by atoms with E-state index in [-0.39, 0.29) is 5.82 Å². The van der Waals surface area contributed by atoms with Gasteiger partial charge >= 0.3 is 6.03 Å². The molecule has 2 aromatic carbocycles. The Bertz CT molecular complexity index is 1030. The zero-order valence-electron chi connectivity index (χ0n) is 14.3. The second kappa shape index (κ2) is 7.18. The summed E-state index contributed by atoms with van der Waals surface area (Å²) in [5.74, 6) is -0.619. The molecule has 0 fully saturated rings. The van der Waals surface area contributed by atoms with Crippen LogP contribution < -0.4 is 16.2 Å². The average molecular weight is 352 g/mol. The molecule has 0 spiro atoms. The summed E-state index contributed by atoms with van der Waals surface area (Å²) < 4.78 is 14.6. The van der Waals surface area contributed by atoms with Gasteiger partial charge in [0, 0.05) is 18.1 Å². The van der Waals surface area contributed by atoms with Gasteiger partial charge in [0.05, 0.1) is 5.69 Å². The standard InChI is InChI=1S/C19H17FN4O2/c1-12-6-7-15(10-13(12)2)22-19(26)23-17-18(25)24(9-8-21-17)16-5-3-4-14(20)11-16/h3-11H,1-2H3,(H2,21,22,23,26). The Morgan fingerprint density at radius 2 is 1.88 bits per heavy atom. The van der Waals surface area contributed by atoms with Gasteiger partial charge in [-0.15, -0.1) is 0 Å². The number of anilines is 2. The Morgan fingerprint density at radius 3 is 2.62 bits per heavy atom. The van der Waals surface area contributed by atoms with Crippen molar-refractivity contribution < 1.29 is 9.18 Å². The number of halogens is 1. The van der Waals surface area contributed by atoms with Crippen LogP contribution in [0.25, 0.3) is 5.69 Å². The third-order valence-electron chi connectivity index (χ3n) is 3.92. The first-order valence-corrected chi connectivity index (χ1v) is 7.93. The van der Waals surface area contributed by atoms with Crippen molar-refractivity contribution in [1.82, 2.24) is 9.55 Å². The molecule has 1 heterocycles. The van der Waals surface area contributed by atoms with Gasteiger partial charge in [-0.05, 0) is 55.3 Å². The van der Waals surface area contributed by atoms with Gasteiger partial charge in [-0.1, -0.05) is 12.1 Å². The van der Waals surface area contributed by atoms with Gasteiger partial charge in [-0.3, -0.25) is 14.7 Å². The minimum absolute atomic E-state index is 0.155.